The zero-order valence-corrected chi connectivity index (χ0v) is 9.67. The number of benzene rings is 1. The lowest BCUT2D eigenvalue weighted by Gasteiger charge is -2.07. The van der Waals surface area contributed by atoms with Gasteiger partial charge in [0.15, 0.2) is 0 Å². The number of amides is 3. The Morgan fingerprint density at radius 3 is 2.75 bits per heavy atom. The van der Waals surface area contributed by atoms with Crippen molar-refractivity contribution in [1.82, 2.24) is 5.32 Å². The van der Waals surface area contributed by atoms with E-state index in [2.05, 4.69) is 21.2 Å². The van der Waals surface area contributed by atoms with Crippen molar-refractivity contribution >= 4 is 33.6 Å². The largest absolute Gasteiger partial charge is 0.375 e. The maximum atomic E-state index is 12.8. The maximum Gasteiger partial charge on any atom is 0.318 e. The number of carbonyl (C=O) groups excluding carboxylic acids is 2. The quantitative estimate of drug-likeness (QED) is 0.782. The third-order valence-electron chi connectivity index (χ3n) is 1.63. The smallest absolute Gasteiger partial charge is 0.318 e. The number of urea groups is 1. The molecule has 16 heavy (non-hydrogen) atoms. The van der Waals surface area contributed by atoms with E-state index < -0.39 is 17.8 Å². The normalized spacial score (nSPS) is 9.62. The summed E-state index contributed by atoms with van der Waals surface area (Å²) in [6.07, 6.45) is 0. The van der Waals surface area contributed by atoms with Crippen molar-refractivity contribution in [2.24, 2.45) is 5.73 Å². The molecule has 0 spiro atoms. The molecule has 0 saturated heterocycles. The van der Waals surface area contributed by atoms with Gasteiger partial charge in [-0.3, -0.25) is 10.1 Å². The number of nitrogens with one attached hydrogen (secondary N) is 2. The van der Waals surface area contributed by atoms with Gasteiger partial charge in [-0.1, -0.05) is 0 Å². The predicted octanol–water partition coefficient (Wildman–Crippen LogP) is 1.19. The van der Waals surface area contributed by atoms with Crippen LogP contribution in [0.3, 0.4) is 0 Å². The Morgan fingerprint density at radius 1 is 1.44 bits per heavy atom. The second kappa shape index (κ2) is 5.45. The molecule has 3 amide bonds. The Morgan fingerprint density at radius 2 is 2.12 bits per heavy atom. The van der Waals surface area contributed by atoms with Crippen molar-refractivity contribution in [1.29, 1.82) is 0 Å². The first-order chi connectivity index (χ1) is 7.49. The number of carbonyl (C=O) groups is 2. The molecule has 4 N–H and O–H groups in total. The summed E-state index contributed by atoms with van der Waals surface area (Å²) in [6, 6.07) is 3.08. The second-order valence-electron chi connectivity index (χ2n) is 2.89. The molecule has 0 aromatic heterocycles. The van der Waals surface area contributed by atoms with Gasteiger partial charge < -0.3 is 11.1 Å². The van der Waals surface area contributed by atoms with E-state index in [1.165, 1.54) is 18.2 Å². The molecule has 1 aromatic carbocycles. The van der Waals surface area contributed by atoms with Crippen LogP contribution >= 0.6 is 15.9 Å². The lowest BCUT2D eigenvalue weighted by molar-refractivity contribution is -0.118. The third-order valence-corrected chi connectivity index (χ3v) is 2.32. The van der Waals surface area contributed by atoms with Gasteiger partial charge in [0.05, 0.1) is 12.2 Å². The number of rotatable bonds is 3. The monoisotopic (exact) mass is 289 g/mol. The van der Waals surface area contributed by atoms with E-state index in [1.807, 2.05) is 5.32 Å². The zero-order chi connectivity index (χ0) is 12.1. The van der Waals surface area contributed by atoms with Gasteiger partial charge in [-0.2, -0.15) is 0 Å². The van der Waals surface area contributed by atoms with Crippen LogP contribution in [0.4, 0.5) is 14.9 Å². The SMILES string of the molecule is NC(=O)NC(=O)CNc1cc(F)ccc1Br. The first-order valence-corrected chi connectivity index (χ1v) is 5.06. The molecule has 0 aliphatic rings. The predicted molar refractivity (Wildman–Crippen MR) is 60.3 cm³/mol. The number of imide groups is 1. The Bertz CT molecular complexity index is 425. The summed E-state index contributed by atoms with van der Waals surface area (Å²) in [7, 11) is 0. The van der Waals surface area contributed by atoms with Crippen LogP contribution in [0.5, 0.6) is 0 Å². The minimum Gasteiger partial charge on any atom is -0.375 e. The molecular formula is C9H9BrFN3O2. The Kier molecular flexibility index (Phi) is 4.24. The zero-order valence-electron chi connectivity index (χ0n) is 8.09. The van der Waals surface area contributed by atoms with E-state index in [0.717, 1.165) is 0 Å². The molecule has 1 aromatic rings. The van der Waals surface area contributed by atoms with E-state index in [9.17, 15) is 14.0 Å². The Hall–Kier alpha value is -1.63. The van der Waals surface area contributed by atoms with Crippen molar-refractivity contribution in [3.63, 3.8) is 0 Å². The van der Waals surface area contributed by atoms with Crippen molar-refractivity contribution in [2.45, 2.75) is 0 Å². The Balaban J connectivity index is 2.57. The molecule has 0 aliphatic carbocycles. The highest BCUT2D eigenvalue weighted by Crippen LogP contribution is 2.22. The van der Waals surface area contributed by atoms with Crippen LogP contribution in [0, 0.1) is 5.82 Å². The van der Waals surface area contributed by atoms with E-state index in [4.69, 9.17) is 5.73 Å². The second-order valence-corrected chi connectivity index (χ2v) is 3.74. The van der Waals surface area contributed by atoms with Gasteiger partial charge in [0.1, 0.15) is 5.82 Å². The minimum absolute atomic E-state index is 0.176. The van der Waals surface area contributed by atoms with Gasteiger partial charge in [0.25, 0.3) is 0 Å². The van der Waals surface area contributed by atoms with Crippen molar-refractivity contribution in [3.05, 3.63) is 28.5 Å². The van der Waals surface area contributed by atoms with Gasteiger partial charge in [-0.05, 0) is 34.1 Å². The topological polar surface area (TPSA) is 84.2 Å². The molecule has 0 heterocycles. The van der Waals surface area contributed by atoms with Crippen LogP contribution in [0.25, 0.3) is 0 Å². The molecule has 0 bridgehead atoms. The number of anilines is 1. The first kappa shape index (κ1) is 12.4. The van der Waals surface area contributed by atoms with E-state index >= 15 is 0 Å². The lowest BCUT2D eigenvalue weighted by atomic mass is 10.3. The van der Waals surface area contributed by atoms with Crippen molar-refractivity contribution in [3.8, 4) is 0 Å². The van der Waals surface area contributed by atoms with Gasteiger partial charge in [-0.15, -0.1) is 0 Å². The number of hydrogen-bond donors (Lipinski definition) is 3. The van der Waals surface area contributed by atoms with E-state index in [1.54, 1.807) is 0 Å². The van der Waals surface area contributed by atoms with Crippen LogP contribution in [0.1, 0.15) is 0 Å². The fourth-order valence-corrected chi connectivity index (χ4v) is 1.38. The molecule has 1 rings (SSSR count). The number of nitrogens with two attached hydrogens (primary N) is 1. The van der Waals surface area contributed by atoms with Gasteiger partial charge in [0.2, 0.25) is 5.91 Å². The highest BCUT2D eigenvalue weighted by molar-refractivity contribution is 9.10. The van der Waals surface area contributed by atoms with Crippen LogP contribution in [0.2, 0.25) is 0 Å². The van der Waals surface area contributed by atoms with Crippen LogP contribution in [0.15, 0.2) is 22.7 Å². The molecular weight excluding hydrogens is 281 g/mol. The number of hydrogen-bond acceptors (Lipinski definition) is 3. The summed E-state index contributed by atoms with van der Waals surface area (Å²) < 4.78 is 13.5. The molecule has 7 heteroatoms. The average molecular weight is 290 g/mol. The van der Waals surface area contributed by atoms with Crippen molar-refractivity contribution < 1.29 is 14.0 Å². The number of primary amides is 1. The fourth-order valence-electron chi connectivity index (χ4n) is 0.990. The van der Waals surface area contributed by atoms with Gasteiger partial charge in [-0.25, -0.2) is 9.18 Å². The van der Waals surface area contributed by atoms with Crippen molar-refractivity contribution in [2.75, 3.05) is 11.9 Å². The average Bonchev–Trinajstić information content (AvgIpc) is 2.18. The molecule has 0 atom stereocenters. The molecule has 86 valence electrons. The van der Waals surface area contributed by atoms with E-state index in [-0.39, 0.29) is 6.54 Å². The van der Waals surface area contributed by atoms with E-state index in [0.29, 0.717) is 10.2 Å². The summed E-state index contributed by atoms with van der Waals surface area (Å²) in [6.45, 7) is -0.176. The summed E-state index contributed by atoms with van der Waals surface area (Å²) in [5.74, 6) is -1.02. The minimum atomic E-state index is -0.926. The van der Waals surface area contributed by atoms with Crippen LogP contribution in [-0.4, -0.2) is 18.5 Å². The molecule has 0 radical (unpaired) electrons. The highest BCUT2D eigenvalue weighted by Gasteiger charge is 2.06. The van der Waals surface area contributed by atoms with Crippen LogP contribution < -0.4 is 16.4 Å². The third kappa shape index (κ3) is 3.85. The first-order valence-electron chi connectivity index (χ1n) is 4.27. The van der Waals surface area contributed by atoms with Gasteiger partial charge >= 0.3 is 6.03 Å². The Labute approximate surface area is 99.3 Å². The standard InChI is InChI=1S/C9H9BrFN3O2/c10-6-2-1-5(11)3-7(6)13-4-8(15)14-9(12)16/h1-3,13H,4H2,(H3,12,14,15,16). The summed E-state index contributed by atoms with van der Waals surface area (Å²) in [4.78, 5) is 21.4. The van der Waals surface area contributed by atoms with Gasteiger partial charge in [0, 0.05) is 4.47 Å². The summed E-state index contributed by atoms with van der Waals surface area (Å²) in [5.41, 5.74) is 5.16. The summed E-state index contributed by atoms with van der Waals surface area (Å²) >= 11 is 3.18. The molecule has 0 aliphatic heterocycles. The maximum absolute atomic E-state index is 12.8. The lowest BCUT2D eigenvalue weighted by Crippen LogP contribution is -2.38. The summed E-state index contributed by atoms with van der Waals surface area (Å²) in [5, 5.41) is 4.53. The molecule has 5 nitrogen and oxygen atoms in total. The molecule has 0 saturated carbocycles. The molecule has 0 unspecified atom stereocenters. The molecule has 0 fully saturated rings. The van der Waals surface area contributed by atoms with Crippen LogP contribution in [-0.2, 0) is 4.79 Å². The fraction of sp³-hybridized carbons (Fsp3) is 0.111. The highest BCUT2D eigenvalue weighted by atomic mass is 79.9. The number of halogens is 2.